The zero-order chi connectivity index (χ0) is 15.5. The molecule has 3 aromatic rings. The van der Waals surface area contributed by atoms with E-state index in [-0.39, 0.29) is 23.1 Å². The second-order valence-electron chi connectivity index (χ2n) is 4.19. The van der Waals surface area contributed by atoms with E-state index >= 15 is 0 Å². The quantitative estimate of drug-likeness (QED) is 0.674. The Hall–Kier alpha value is -2.25. The summed E-state index contributed by atoms with van der Waals surface area (Å²) >= 11 is 7.18. The van der Waals surface area contributed by atoms with E-state index in [1.165, 1.54) is 23.5 Å². The van der Waals surface area contributed by atoms with Crippen LogP contribution in [-0.4, -0.2) is 16.1 Å². The first-order valence-electron chi connectivity index (χ1n) is 6.12. The molecule has 0 saturated heterocycles. The van der Waals surface area contributed by atoms with Gasteiger partial charge in [-0.05, 0) is 29.6 Å². The Kier molecular flexibility index (Phi) is 4.17. The number of hydrogen-bond donors (Lipinski definition) is 0. The maximum atomic E-state index is 13.5. The van der Waals surface area contributed by atoms with Crippen molar-refractivity contribution in [3.05, 3.63) is 58.0 Å². The van der Waals surface area contributed by atoms with Crippen LogP contribution in [0.2, 0.25) is 5.02 Å². The third-order valence-corrected chi connectivity index (χ3v) is 3.79. The number of benzene rings is 1. The van der Waals surface area contributed by atoms with E-state index in [2.05, 4.69) is 10.1 Å². The molecule has 0 radical (unpaired) electrons. The third kappa shape index (κ3) is 3.15. The molecule has 0 unspecified atom stereocenters. The molecule has 0 atom stereocenters. The summed E-state index contributed by atoms with van der Waals surface area (Å²) in [4.78, 5) is 16.7. The van der Waals surface area contributed by atoms with Gasteiger partial charge in [-0.25, -0.2) is 9.18 Å². The fourth-order valence-corrected chi connectivity index (χ4v) is 2.50. The smallest absolute Gasteiger partial charge is 0.341 e. The van der Waals surface area contributed by atoms with Crippen molar-refractivity contribution in [2.24, 2.45) is 0 Å². The number of nitrogens with zero attached hydrogens (tertiary/aromatic N) is 2. The monoisotopic (exact) mass is 338 g/mol. The molecule has 2 heterocycles. The number of hydrogen-bond acceptors (Lipinski definition) is 6. The average Bonchev–Trinajstić information content (AvgIpc) is 3.17. The van der Waals surface area contributed by atoms with Crippen LogP contribution in [0.1, 0.15) is 16.2 Å². The lowest BCUT2D eigenvalue weighted by Gasteiger charge is -2.03. The largest absolute Gasteiger partial charge is 0.452 e. The lowest BCUT2D eigenvalue weighted by atomic mass is 10.2. The molecule has 0 fully saturated rings. The van der Waals surface area contributed by atoms with Crippen molar-refractivity contribution in [3.8, 4) is 10.7 Å². The fourth-order valence-electron chi connectivity index (χ4n) is 1.68. The van der Waals surface area contributed by atoms with Crippen LogP contribution in [0.15, 0.2) is 40.2 Å². The molecule has 0 bridgehead atoms. The Morgan fingerprint density at radius 2 is 2.27 bits per heavy atom. The Morgan fingerprint density at radius 1 is 1.41 bits per heavy atom. The van der Waals surface area contributed by atoms with Crippen molar-refractivity contribution in [2.75, 3.05) is 0 Å². The third-order valence-electron chi connectivity index (χ3n) is 2.68. The zero-order valence-electron chi connectivity index (χ0n) is 11.0. The molecule has 0 amide bonds. The van der Waals surface area contributed by atoms with E-state index in [0.717, 1.165) is 10.9 Å². The predicted molar refractivity (Wildman–Crippen MR) is 78.1 cm³/mol. The fraction of sp³-hybridized carbons (Fsp3) is 0.0714. The van der Waals surface area contributed by atoms with Gasteiger partial charge in [-0.3, -0.25) is 0 Å². The lowest BCUT2D eigenvalue weighted by Crippen LogP contribution is -2.07. The van der Waals surface area contributed by atoms with Gasteiger partial charge in [0.1, 0.15) is 5.82 Å². The molecule has 112 valence electrons. The van der Waals surface area contributed by atoms with Crippen LogP contribution < -0.4 is 0 Å². The summed E-state index contributed by atoms with van der Waals surface area (Å²) in [6.07, 6.45) is 0. The Morgan fingerprint density at radius 3 is 3.05 bits per heavy atom. The number of thiophene rings is 1. The standard InChI is InChI=1S/C14H8ClFN2O3S/c15-8-3-4-10(16)9(6-8)14(19)20-7-12-17-13(18-21-12)11-2-1-5-22-11/h1-6H,7H2. The number of rotatable bonds is 4. The van der Waals surface area contributed by atoms with Gasteiger partial charge in [0.25, 0.3) is 5.89 Å². The van der Waals surface area contributed by atoms with Gasteiger partial charge in [0.2, 0.25) is 5.82 Å². The van der Waals surface area contributed by atoms with Crippen molar-refractivity contribution in [2.45, 2.75) is 6.61 Å². The number of esters is 1. The summed E-state index contributed by atoms with van der Waals surface area (Å²) in [5.41, 5.74) is -0.245. The van der Waals surface area contributed by atoms with Crippen LogP contribution in [0.4, 0.5) is 4.39 Å². The Labute approximate surface area is 133 Å². The minimum atomic E-state index is -0.851. The Bertz CT molecular complexity index is 804. The van der Waals surface area contributed by atoms with Crippen molar-refractivity contribution in [3.63, 3.8) is 0 Å². The van der Waals surface area contributed by atoms with Crippen molar-refractivity contribution < 1.29 is 18.4 Å². The van der Waals surface area contributed by atoms with Gasteiger partial charge >= 0.3 is 5.97 Å². The number of carbonyl (C=O) groups excluding carboxylic acids is 1. The van der Waals surface area contributed by atoms with Gasteiger partial charge in [0, 0.05) is 5.02 Å². The molecule has 0 saturated carbocycles. The minimum absolute atomic E-state index is 0.124. The molecule has 3 rings (SSSR count). The lowest BCUT2D eigenvalue weighted by molar-refractivity contribution is 0.0424. The van der Waals surface area contributed by atoms with Crippen molar-refractivity contribution in [1.82, 2.24) is 10.1 Å². The normalized spacial score (nSPS) is 10.6. The molecule has 5 nitrogen and oxygen atoms in total. The minimum Gasteiger partial charge on any atom is -0.452 e. The van der Waals surface area contributed by atoms with Gasteiger partial charge in [-0.2, -0.15) is 4.98 Å². The SMILES string of the molecule is O=C(OCc1nc(-c2cccs2)no1)c1cc(Cl)ccc1F. The summed E-state index contributed by atoms with van der Waals surface area (Å²) in [6, 6.07) is 7.34. The van der Waals surface area contributed by atoms with E-state index in [1.807, 2.05) is 17.5 Å². The molecule has 0 aliphatic carbocycles. The van der Waals surface area contributed by atoms with Crippen LogP contribution in [0.3, 0.4) is 0 Å². The van der Waals surface area contributed by atoms with Crippen LogP contribution in [0.5, 0.6) is 0 Å². The topological polar surface area (TPSA) is 65.2 Å². The molecule has 0 spiro atoms. The zero-order valence-corrected chi connectivity index (χ0v) is 12.5. The van der Waals surface area contributed by atoms with Gasteiger partial charge in [0.05, 0.1) is 10.4 Å². The molecule has 2 aromatic heterocycles. The molecule has 8 heteroatoms. The predicted octanol–water partition coefficient (Wildman–Crippen LogP) is 3.95. The highest BCUT2D eigenvalue weighted by atomic mass is 35.5. The molecule has 0 N–H and O–H groups in total. The summed E-state index contributed by atoms with van der Waals surface area (Å²) in [6.45, 7) is -0.247. The number of ether oxygens (including phenoxy) is 1. The Balaban J connectivity index is 1.67. The van der Waals surface area contributed by atoms with Gasteiger partial charge in [-0.15, -0.1) is 11.3 Å². The van der Waals surface area contributed by atoms with Gasteiger partial charge in [0.15, 0.2) is 6.61 Å². The van der Waals surface area contributed by atoms with Crippen LogP contribution in [0.25, 0.3) is 10.7 Å². The first-order valence-corrected chi connectivity index (χ1v) is 7.38. The van der Waals surface area contributed by atoms with E-state index in [4.69, 9.17) is 20.9 Å². The highest BCUT2D eigenvalue weighted by Gasteiger charge is 2.16. The van der Waals surface area contributed by atoms with E-state index in [9.17, 15) is 9.18 Å². The van der Waals surface area contributed by atoms with Crippen LogP contribution in [-0.2, 0) is 11.3 Å². The molecule has 0 aliphatic heterocycles. The first-order chi connectivity index (χ1) is 10.6. The van der Waals surface area contributed by atoms with Crippen LogP contribution in [0, 0.1) is 5.82 Å². The van der Waals surface area contributed by atoms with Crippen molar-refractivity contribution >= 4 is 28.9 Å². The summed E-state index contributed by atoms with van der Waals surface area (Å²) in [7, 11) is 0. The van der Waals surface area contributed by atoms with E-state index in [0.29, 0.717) is 5.82 Å². The molecule has 0 aliphatic rings. The number of halogens is 2. The summed E-state index contributed by atoms with van der Waals surface area (Å²) < 4.78 is 23.5. The molecular weight excluding hydrogens is 331 g/mol. The van der Waals surface area contributed by atoms with Crippen LogP contribution >= 0.6 is 22.9 Å². The second kappa shape index (κ2) is 6.25. The highest BCUT2D eigenvalue weighted by molar-refractivity contribution is 7.13. The average molecular weight is 339 g/mol. The number of carbonyl (C=O) groups is 1. The summed E-state index contributed by atoms with van der Waals surface area (Å²) in [5, 5.41) is 5.90. The van der Waals surface area contributed by atoms with E-state index < -0.39 is 11.8 Å². The van der Waals surface area contributed by atoms with Crippen molar-refractivity contribution in [1.29, 1.82) is 0 Å². The van der Waals surface area contributed by atoms with Gasteiger partial charge < -0.3 is 9.26 Å². The maximum Gasteiger partial charge on any atom is 0.341 e. The maximum absolute atomic E-state index is 13.5. The number of aromatic nitrogens is 2. The second-order valence-corrected chi connectivity index (χ2v) is 5.57. The molecule has 22 heavy (non-hydrogen) atoms. The summed E-state index contributed by atoms with van der Waals surface area (Å²) in [5.74, 6) is -1.02. The first kappa shape index (κ1) is 14.7. The molecular formula is C14H8ClFN2O3S. The van der Waals surface area contributed by atoms with Gasteiger partial charge in [-0.1, -0.05) is 22.8 Å². The highest BCUT2D eigenvalue weighted by Crippen LogP contribution is 2.21. The molecule has 1 aromatic carbocycles. The van der Waals surface area contributed by atoms with E-state index in [1.54, 1.807) is 0 Å².